The van der Waals surface area contributed by atoms with Crippen molar-refractivity contribution >= 4 is 21.7 Å². The highest BCUT2D eigenvalue weighted by atomic mass is 32.2. The summed E-state index contributed by atoms with van der Waals surface area (Å²) in [5.41, 5.74) is 0.736. The van der Waals surface area contributed by atoms with E-state index in [-0.39, 0.29) is 16.4 Å². The third kappa shape index (κ3) is 5.52. The number of carbonyl (C=O) groups is 2. The van der Waals surface area contributed by atoms with Crippen molar-refractivity contribution in [2.75, 3.05) is 26.0 Å². The molecule has 0 unspecified atom stereocenters. The minimum atomic E-state index is -3.56. The number of hydrogen-bond acceptors (Lipinski definition) is 5. The van der Waals surface area contributed by atoms with Gasteiger partial charge in [0, 0.05) is 19.3 Å². The van der Waals surface area contributed by atoms with Crippen LogP contribution in [0.4, 0.5) is 0 Å². The zero-order chi connectivity index (χ0) is 17.6. The second kappa shape index (κ2) is 7.92. The largest absolute Gasteiger partial charge is 0.452 e. The molecule has 126 valence electrons. The third-order valence-electron chi connectivity index (χ3n) is 3.03. The summed E-state index contributed by atoms with van der Waals surface area (Å²) in [7, 11) is -3.56. The molecule has 0 fully saturated rings. The summed E-state index contributed by atoms with van der Waals surface area (Å²) in [5.74, 6) is -1.20. The number of sulfone groups is 1. The van der Waals surface area contributed by atoms with Crippen molar-refractivity contribution in [1.29, 1.82) is 0 Å². The summed E-state index contributed by atoms with van der Waals surface area (Å²) in [6.45, 7) is 7.74. The minimum absolute atomic E-state index is 0.0780. The minimum Gasteiger partial charge on any atom is -0.452 e. The standard InChI is InChI=1S/C16H21NO5S/c1-5-17(10-12(2)3)15(18)11-22-16(19)13-8-6-7-9-14(13)23(4,20)21/h6-9H,2,5,10-11H2,1,3-4H3. The van der Waals surface area contributed by atoms with Gasteiger partial charge in [-0.1, -0.05) is 24.3 Å². The molecule has 0 bridgehead atoms. The van der Waals surface area contributed by atoms with Crippen molar-refractivity contribution in [3.05, 3.63) is 42.0 Å². The summed E-state index contributed by atoms with van der Waals surface area (Å²) in [4.78, 5) is 25.5. The molecule has 23 heavy (non-hydrogen) atoms. The Balaban J connectivity index is 2.82. The number of benzene rings is 1. The SMILES string of the molecule is C=C(C)CN(CC)C(=O)COC(=O)c1ccccc1S(C)(=O)=O. The fourth-order valence-electron chi connectivity index (χ4n) is 1.96. The Morgan fingerprint density at radius 2 is 1.87 bits per heavy atom. The van der Waals surface area contributed by atoms with Gasteiger partial charge in [0.25, 0.3) is 5.91 Å². The number of hydrogen-bond donors (Lipinski definition) is 0. The topological polar surface area (TPSA) is 80.8 Å². The molecule has 1 rings (SSSR count). The Labute approximate surface area is 136 Å². The third-order valence-corrected chi connectivity index (χ3v) is 4.18. The molecular formula is C16H21NO5S. The van der Waals surface area contributed by atoms with Crippen molar-refractivity contribution in [3.8, 4) is 0 Å². The quantitative estimate of drug-likeness (QED) is 0.557. The van der Waals surface area contributed by atoms with Gasteiger partial charge in [-0.15, -0.1) is 0 Å². The second-order valence-corrected chi connectivity index (χ2v) is 7.19. The molecule has 1 aromatic rings. The molecule has 0 radical (unpaired) electrons. The average Bonchev–Trinajstić information content (AvgIpc) is 2.48. The van der Waals surface area contributed by atoms with Crippen LogP contribution in [-0.2, 0) is 19.4 Å². The Hall–Kier alpha value is -2.15. The van der Waals surface area contributed by atoms with E-state index in [2.05, 4.69) is 6.58 Å². The smallest absolute Gasteiger partial charge is 0.339 e. The van der Waals surface area contributed by atoms with Crippen LogP contribution < -0.4 is 0 Å². The summed E-state index contributed by atoms with van der Waals surface area (Å²) in [5, 5.41) is 0. The Bertz CT molecular complexity index is 709. The molecule has 0 heterocycles. The number of likely N-dealkylation sites (N-methyl/N-ethyl adjacent to an activating group) is 1. The number of amides is 1. The lowest BCUT2D eigenvalue weighted by Gasteiger charge is -2.20. The maximum Gasteiger partial charge on any atom is 0.339 e. The van der Waals surface area contributed by atoms with Crippen molar-refractivity contribution < 1.29 is 22.7 Å². The van der Waals surface area contributed by atoms with E-state index < -0.39 is 22.4 Å². The monoisotopic (exact) mass is 339 g/mol. The number of rotatable bonds is 7. The van der Waals surface area contributed by atoms with Crippen molar-refractivity contribution in [3.63, 3.8) is 0 Å². The molecule has 1 amide bonds. The average molecular weight is 339 g/mol. The molecule has 1 aromatic carbocycles. The molecule has 0 aliphatic carbocycles. The fourth-order valence-corrected chi connectivity index (χ4v) is 2.83. The Morgan fingerprint density at radius 3 is 2.39 bits per heavy atom. The number of nitrogens with zero attached hydrogens (tertiary/aromatic N) is 1. The molecular weight excluding hydrogens is 318 g/mol. The van der Waals surface area contributed by atoms with Crippen LogP contribution in [-0.4, -0.2) is 51.1 Å². The molecule has 6 nitrogen and oxygen atoms in total. The molecule has 7 heteroatoms. The fraction of sp³-hybridized carbons (Fsp3) is 0.375. The van der Waals surface area contributed by atoms with Crippen LogP contribution in [0.5, 0.6) is 0 Å². The lowest BCUT2D eigenvalue weighted by atomic mass is 10.2. The zero-order valence-corrected chi connectivity index (χ0v) is 14.4. The van der Waals surface area contributed by atoms with E-state index in [0.717, 1.165) is 11.8 Å². The molecule has 0 aliphatic heterocycles. The van der Waals surface area contributed by atoms with Gasteiger partial charge in [-0.05, 0) is 26.0 Å². The van der Waals surface area contributed by atoms with Gasteiger partial charge in [-0.3, -0.25) is 4.79 Å². The van der Waals surface area contributed by atoms with Crippen LogP contribution in [0.25, 0.3) is 0 Å². The van der Waals surface area contributed by atoms with E-state index >= 15 is 0 Å². The number of carbonyl (C=O) groups excluding carboxylic acids is 2. The predicted molar refractivity (Wildman–Crippen MR) is 86.9 cm³/mol. The van der Waals surface area contributed by atoms with Gasteiger partial charge in [0.2, 0.25) is 0 Å². The maximum atomic E-state index is 12.1. The first-order chi connectivity index (χ1) is 10.7. The van der Waals surface area contributed by atoms with Crippen LogP contribution in [0.15, 0.2) is 41.3 Å². The van der Waals surface area contributed by atoms with Crippen LogP contribution >= 0.6 is 0 Å². The second-order valence-electron chi connectivity index (χ2n) is 5.21. The van der Waals surface area contributed by atoms with E-state index in [0.29, 0.717) is 13.1 Å². The lowest BCUT2D eigenvalue weighted by Crippen LogP contribution is -2.35. The van der Waals surface area contributed by atoms with Gasteiger partial charge in [0.05, 0.1) is 10.5 Å². The highest BCUT2D eigenvalue weighted by Gasteiger charge is 2.21. The maximum absolute atomic E-state index is 12.1. The molecule has 0 saturated carbocycles. The van der Waals surface area contributed by atoms with Crippen molar-refractivity contribution in [1.82, 2.24) is 4.90 Å². The van der Waals surface area contributed by atoms with E-state index in [4.69, 9.17) is 4.74 Å². The highest BCUT2D eigenvalue weighted by molar-refractivity contribution is 7.90. The predicted octanol–water partition coefficient (Wildman–Crippen LogP) is 1.67. The summed E-state index contributed by atoms with van der Waals surface area (Å²) in [6.07, 6.45) is 1.01. The lowest BCUT2D eigenvalue weighted by molar-refractivity contribution is -0.133. The Morgan fingerprint density at radius 1 is 1.26 bits per heavy atom. The van der Waals surface area contributed by atoms with Crippen LogP contribution in [0.3, 0.4) is 0 Å². The van der Waals surface area contributed by atoms with Crippen LogP contribution in [0, 0.1) is 0 Å². The van der Waals surface area contributed by atoms with Gasteiger partial charge >= 0.3 is 5.97 Å². The van der Waals surface area contributed by atoms with Crippen molar-refractivity contribution in [2.24, 2.45) is 0 Å². The van der Waals surface area contributed by atoms with Gasteiger partial charge in [0.1, 0.15) is 0 Å². The first kappa shape index (κ1) is 18.9. The van der Waals surface area contributed by atoms with Crippen LogP contribution in [0.2, 0.25) is 0 Å². The summed E-state index contributed by atoms with van der Waals surface area (Å²) in [6, 6.07) is 5.73. The molecule has 0 N–H and O–H groups in total. The van der Waals surface area contributed by atoms with Gasteiger partial charge in [0.15, 0.2) is 16.4 Å². The molecule has 0 atom stereocenters. The molecule has 0 aromatic heterocycles. The summed E-state index contributed by atoms with van der Waals surface area (Å²) < 4.78 is 28.3. The molecule has 0 aliphatic rings. The molecule has 0 saturated heterocycles. The van der Waals surface area contributed by atoms with E-state index in [1.165, 1.54) is 29.2 Å². The normalized spacial score (nSPS) is 10.9. The summed E-state index contributed by atoms with van der Waals surface area (Å²) >= 11 is 0. The van der Waals surface area contributed by atoms with Crippen molar-refractivity contribution in [2.45, 2.75) is 18.7 Å². The Kier molecular flexibility index (Phi) is 6.50. The first-order valence-electron chi connectivity index (χ1n) is 7.05. The first-order valence-corrected chi connectivity index (χ1v) is 8.94. The molecule has 0 spiro atoms. The van der Waals surface area contributed by atoms with Gasteiger partial charge < -0.3 is 9.64 Å². The highest BCUT2D eigenvalue weighted by Crippen LogP contribution is 2.16. The van der Waals surface area contributed by atoms with Gasteiger partial charge in [-0.2, -0.15) is 0 Å². The van der Waals surface area contributed by atoms with E-state index in [1.54, 1.807) is 6.92 Å². The van der Waals surface area contributed by atoms with E-state index in [9.17, 15) is 18.0 Å². The number of ether oxygens (including phenoxy) is 1. The number of esters is 1. The van der Waals surface area contributed by atoms with Gasteiger partial charge in [-0.25, -0.2) is 13.2 Å². The zero-order valence-electron chi connectivity index (χ0n) is 13.5. The van der Waals surface area contributed by atoms with E-state index in [1.807, 2.05) is 6.92 Å². The van der Waals surface area contributed by atoms with Crippen LogP contribution in [0.1, 0.15) is 24.2 Å².